The van der Waals surface area contributed by atoms with Crippen LogP contribution < -0.4 is 0 Å². The first-order valence-corrected chi connectivity index (χ1v) is 8.76. The van der Waals surface area contributed by atoms with Crippen LogP contribution in [-0.4, -0.2) is 24.0 Å². The molecule has 1 nitrogen and oxygen atoms in total. The fourth-order valence-corrected chi connectivity index (χ4v) is 4.91. The Morgan fingerprint density at radius 2 is 1.90 bits per heavy atom. The van der Waals surface area contributed by atoms with Crippen molar-refractivity contribution in [2.75, 3.05) is 13.1 Å². The van der Waals surface area contributed by atoms with Gasteiger partial charge in [-0.05, 0) is 61.6 Å². The summed E-state index contributed by atoms with van der Waals surface area (Å²) in [5.74, 6) is 1.00. The van der Waals surface area contributed by atoms with Gasteiger partial charge in [0, 0.05) is 18.0 Å². The molecule has 1 aromatic rings. The number of aryl methyl sites for hydroxylation is 1. The summed E-state index contributed by atoms with van der Waals surface area (Å²) >= 11 is 0. The van der Waals surface area contributed by atoms with Crippen molar-refractivity contribution in [3.05, 3.63) is 34.9 Å². The molecule has 2 fully saturated rings. The molecular weight excluding hydrogens is 254 g/mol. The molecule has 1 heteroatoms. The van der Waals surface area contributed by atoms with Gasteiger partial charge in [0.15, 0.2) is 0 Å². The number of hydrogen-bond donors (Lipinski definition) is 0. The van der Waals surface area contributed by atoms with Crippen molar-refractivity contribution in [2.45, 2.75) is 70.3 Å². The van der Waals surface area contributed by atoms with Gasteiger partial charge in [0.05, 0.1) is 0 Å². The maximum atomic E-state index is 2.84. The Bertz CT molecular complexity index is 569. The maximum absolute atomic E-state index is 2.84. The van der Waals surface area contributed by atoms with Crippen LogP contribution in [0.2, 0.25) is 0 Å². The fraction of sp³-hybridized carbons (Fsp3) is 0.700. The monoisotopic (exact) mass is 283 g/mol. The second-order valence-corrected chi connectivity index (χ2v) is 8.74. The van der Waals surface area contributed by atoms with Gasteiger partial charge in [-0.15, -0.1) is 0 Å². The quantitative estimate of drug-likeness (QED) is 0.776. The van der Waals surface area contributed by atoms with Gasteiger partial charge < -0.3 is 0 Å². The molecule has 1 saturated heterocycles. The molecule has 21 heavy (non-hydrogen) atoms. The summed E-state index contributed by atoms with van der Waals surface area (Å²) in [7, 11) is 0. The van der Waals surface area contributed by atoms with E-state index in [9.17, 15) is 0 Å². The van der Waals surface area contributed by atoms with Crippen molar-refractivity contribution in [2.24, 2.45) is 5.92 Å². The van der Waals surface area contributed by atoms with Gasteiger partial charge in [-0.3, -0.25) is 4.90 Å². The highest BCUT2D eigenvalue weighted by Crippen LogP contribution is 2.52. The molecule has 0 amide bonds. The summed E-state index contributed by atoms with van der Waals surface area (Å²) < 4.78 is 0. The Morgan fingerprint density at radius 1 is 1.14 bits per heavy atom. The highest BCUT2D eigenvalue weighted by atomic mass is 15.2. The summed E-state index contributed by atoms with van der Waals surface area (Å²) in [6.45, 7) is 12.4. The van der Waals surface area contributed by atoms with Crippen molar-refractivity contribution in [1.29, 1.82) is 0 Å². The molecular formula is C20H29N. The minimum Gasteiger partial charge on any atom is -0.299 e. The molecule has 2 atom stereocenters. The van der Waals surface area contributed by atoms with E-state index in [1.165, 1.54) is 44.3 Å². The second-order valence-electron chi connectivity index (χ2n) is 8.74. The Labute approximate surface area is 129 Å². The number of likely N-dealkylation sites (tertiary alicyclic amines) is 1. The number of fused-ring (bicyclic) bond motifs is 4. The van der Waals surface area contributed by atoms with Crippen LogP contribution in [0.3, 0.4) is 0 Å². The Hall–Kier alpha value is -0.820. The number of hydrogen-bond acceptors (Lipinski definition) is 1. The summed E-state index contributed by atoms with van der Waals surface area (Å²) in [6.07, 6.45) is 5.62. The van der Waals surface area contributed by atoms with Crippen LogP contribution >= 0.6 is 0 Å². The van der Waals surface area contributed by atoms with Gasteiger partial charge >= 0.3 is 0 Å². The van der Waals surface area contributed by atoms with Crippen molar-refractivity contribution in [1.82, 2.24) is 4.90 Å². The molecule has 0 aromatic heterocycles. The summed E-state index contributed by atoms with van der Waals surface area (Å²) in [5, 5.41) is 0. The number of piperidine rings is 1. The van der Waals surface area contributed by atoms with Crippen LogP contribution in [0.25, 0.3) is 0 Å². The Morgan fingerprint density at radius 3 is 2.62 bits per heavy atom. The van der Waals surface area contributed by atoms with Crippen molar-refractivity contribution in [3.8, 4) is 0 Å². The first kappa shape index (κ1) is 13.8. The van der Waals surface area contributed by atoms with E-state index >= 15 is 0 Å². The fourth-order valence-electron chi connectivity index (χ4n) is 4.91. The lowest BCUT2D eigenvalue weighted by Crippen LogP contribution is -2.59. The molecule has 0 radical (unpaired) electrons. The average molecular weight is 283 g/mol. The Kier molecular flexibility index (Phi) is 2.86. The van der Waals surface area contributed by atoms with Crippen LogP contribution in [0.15, 0.2) is 18.2 Å². The van der Waals surface area contributed by atoms with Gasteiger partial charge in [-0.25, -0.2) is 0 Å². The van der Waals surface area contributed by atoms with Crippen LogP contribution in [-0.2, 0) is 10.8 Å². The minimum absolute atomic E-state index is 0.290. The summed E-state index contributed by atoms with van der Waals surface area (Å²) in [4.78, 5) is 2.84. The van der Waals surface area contributed by atoms with Crippen LogP contribution in [0.1, 0.15) is 63.1 Å². The lowest BCUT2D eigenvalue weighted by molar-refractivity contribution is 0.0355. The molecule has 4 rings (SSSR count). The van der Waals surface area contributed by atoms with E-state index < -0.39 is 0 Å². The zero-order chi connectivity index (χ0) is 14.8. The van der Waals surface area contributed by atoms with Gasteiger partial charge in [0.2, 0.25) is 0 Å². The third kappa shape index (κ3) is 2.08. The summed E-state index contributed by atoms with van der Waals surface area (Å²) in [5.41, 5.74) is 5.38. The standard InChI is InChI=1S/C20H29N/c1-14-5-8-16-17(11-14)20(4)9-10-21(13-15-6-7-15)18(12-20)19(16,2)3/h5,8,11,15,18H,6-7,9-10,12-13H2,1-4H3. The highest BCUT2D eigenvalue weighted by molar-refractivity contribution is 5.46. The Balaban J connectivity index is 1.78. The molecule has 0 spiro atoms. The third-order valence-electron chi connectivity index (χ3n) is 6.58. The number of rotatable bonds is 2. The molecule has 1 aromatic carbocycles. The molecule has 114 valence electrons. The van der Waals surface area contributed by atoms with E-state index in [1.54, 1.807) is 11.1 Å². The largest absolute Gasteiger partial charge is 0.299 e. The smallest absolute Gasteiger partial charge is 0.0195 e. The van der Waals surface area contributed by atoms with Crippen molar-refractivity contribution < 1.29 is 0 Å². The third-order valence-corrected chi connectivity index (χ3v) is 6.58. The highest BCUT2D eigenvalue weighted by Gasteiger charge is 2.51. The van der Waals surface area contributed by atoms with Gasteiger partial charge in [0.1, 0.15) is 0 Å². The molecule has 1 heterocycles. The van der Waals surface area contributed by atoms with E-state index in [-0.39, 0.29) is 5.41 Å². The summed E-state index contributed by atoms with van der Waals surface area (Å²) in [6, 6.07) is 7.95. The molecule has 2 unspecified atom stereocenters. The molecule has 2 bridgehead atoms. The molecule has 0 N–H and O–H groups in total. The predicted molar refractivity (Wildman–Crippen MR) is 88.9 cm³/mol. The SMILES string of the molecule is Cc1ccc2c(c1)C1(C)CCN(CC3CC3)C(C1)C2(C)C. The number of benzene rings is 1. The van der Waals surface area contributed by atoms with Crippen LogP contribution in [0.5, 0.6) is 0 Å². The number of nitrogens with zero attached hydrogens (tertiary/aromatic N) is 1. The minimum atomic E-state index is 0.290. The predicted octanol–water partition coefficient (Wildman–Crippen LogP) is 4.42. The van der Waals surface area contributed by atoms with E-state index in [0.29, 0.717) is 5.41 Å². The molecule has 1 saturated carbocycles. The zero-order valence-electron chi connectivity index (χ0n) is 14.1. The van der Waals surface area contributed by atoms with E-state index in [4.69, 9.17) is 0 Å². The first-order valence-electron chi connectivity index (χ1n) is 8.76. The van der Waals surface area contributed by atoms with Gasteiger partial charge in [-0.2, -0.15) is 0 Å². The topological polar surface area (TPSA) is 3.24 Å². The second kappa shape index (κ2) is 4.35. The van der Waals surface area contributed by atoms with Crippen LogP contribution in [0.4, 0.5) is 0 Å². The van der Waals surface area contributed by atoms with E-state index in [0.717, 1.165) is 12.0 Å². The normalized spacial score (nSPS) is 34.6. The molecule has 3 aliphatic rings. The average Bonchev–Trinajstić information content (AvgIpc) is 3.23. The van der Waals surface area contributed by atoms with E-state index in [2.05, 4.69) is 50.8 Å². The van der Waals surface area contributed by atoms with E-state index in [1.807, 2.05) is 0 Å². The molecule has 2 aliphatic carbocycles. The molecule has 1 aliphatic heterocycles. The first-order chi connectivity index (χ1) is 9.90. The van der Waals surface area contributed by atoms with Gasteiger partial charge in [0.25, 0.3) is 0 Å². The lowest BCUT2D eigenvalue weighted by atomic mass is 9.56. The van der Waals surface area contributed by atoms with Gasteiger partial charge in [-0.1, -0.05) is 44.5 Å². The zero-order valence-corrected chi connectivity index (χ0v) is 14.1. The van der Waals surface area contributed by atoms with Crippen molar-refractivity contribution >= 4 is 0 Å². The maximum Gasteiger partial charge on any atom is 0.0195 e. The van der Waals surface area contributed by atoms with Crippen LogP contribution in [0, 0.1) is 12.8 Å². The lowest BCUT2D eigenvalue weighted by Gasteiger charge is -2.57. The van der Waals surface area contributed by atoms with Crippen molar-refractivity contribution in [3.63, 3.8) is 0 Å².